The average Bonchev–Trinajstić information content (AvgIpc) is 2.19. The van der Waals surface area contributed by atoms with Crippen molar-refractivity contribution >= 4 is 0 Å². The van der Waals surface area contributed by atoms with Gasteiger partial charge in [-0.3, -0.25) is 5.73 Å². The van der Waals surface area contributed by atoms with E-state index in [1.54, 1.807) is 0 Å². The van der Waals surface area contributed by atoms with Crippen LogP contribution in [-0.2, 0) is 6.42 Å². The molecule has 75 valence electrons. The van der Waals surface area contributed by atoms with Crippen molar-refractivity contribution in [3.05, 3.63) is 35.9 Å². The van der Waals surface area contributed by atoms with Crippen LogP contribution in [0.1, 0.15) is 37.7 Å². The molecule has 1 fully saturated rings. The van der Waals surface area contributed by atoms with Gasteiger partial charge in [-0.2, -0.15) is 0 Å². The van der Waals surface area contributed by atoms with Gasteiger partial charge in [0.05, 0.1) is 0 Å². The molecule has 1 saturated carbocycles. The molecular formula is C13H18N. The fourth-order valence-electron chi connectivity index (χ4n) is 2.39. The summed E-state index contributed by atoms with van der Waals surface area (Å²) in [4.78, 5) is 0. The predicted octanol–water partition coefficient (Wildman–Crippen LogP) is 3.21. The first-order valence-electron chi connectivity index (χ1n) is 5.57. The lowest BCUT2D eigenvalue weighted by molar-refractivity contribution is 0.283. The van der Waals surface area contributed by atoms with E-state index < -0.39 is 0 Å². The molecule has 14 heavy (non-hydrogen) atoms. The van der Waals surface area contributed by atoms with Crippen LogP contribution >= 0.6 is 0 Å². The molecule has 2 rings (SSSR count). The molecule has 0 aliphatic heterocycles. The highest BCUT2D eigenvalue weighted by Gasteiger charge is 2.28. The summed E-state index contributed by atoms with van der Waals surface area (Å²) in [7, 11) is 0. The first-order valence-corrected chi connectivity index (χ1v) is 5.57. The van der Waals surface area contributed by atoms with E-state index in [1.807, 2.05) is 6.07 Å². The highest BCUT2D eigenvalue weighted by Crippen LogP contribution is 2.30. The molecule has 0 unspecified atom stereocenters. The number of hydrogen-bond acceptors (Lipinski definition) is 0. The van der Waals surface area contributed by atoms with Crippen molar-refractivity contribution in [1.29, 1.82) is 0 Å². The van der Waals surface area contributed by atoms with E-state index in [0.717, 1.165) is 19.3 Å². The minimum Gasteiger partial charge on any atom is -0.251 e. The van der Waals surface area contributed by atoms with Crippen molar-refractivity contribution in [1.82, 2.24) is 5.73 Å². The summed E-state index contributed by atoms with van der Waals surface area (Å²) in [6.45, 7) is 0. The Kier molecular flexibility index (Phi) is 2.87. The van der Waals surface area contributed by atoms with Crippen molar-refractivity contribution in [2.75, 3.05) is 0 Å². The lowest BCUT2D eigenvalue weighted by Crippen LogP contribution is -2.35. The highest BCUT2D eigenvalue weighted by molar-refractivity contribution is 5.17. The minimum atomic E-state index is -0.167. The third-order valence-electron chi connectivity index (χ3n) is 3.20. The number of benzene rings is 1. The van der Waals surface area contributed by atoms with Gasteiger partial charge >= 0.3 is 0 Å². The summed E-state index contributed by atoms with van der Waals surface area (Å²) in [6, 6.07) is 10.5. The molecule has 0 bridgehead atoms. The Labute approximate surface area is 86.3 Å². The standard InChI is InChI=1S/C13H18N/c14-13(9-5-2-6-10-13)11-12-7-3-1-4-8-12/h1,3-4,7-8,14H,2,5-6,9-11H2. The molecular weight excluding hydrogens is 170 g/mol. The summed E-state index contributed by atoms with van der Waals surface area (Å²) in [5, 5.41) is 0. The van der Waals surface area contributed by atoms with Crippen LogP contribution in [0.2, 0.25) is 0 Å². The second-order valence-corrected chi connectivity index (χ2v) is 4.50. The topological polar surface area (TPSA) is 23.8 Å². The molecule has 1 aromatic rings. The zero-order valence-electron chi connectivity index (χ0n) is 8.63. The predicted molar refractivity (Wildman–Crippen MR) is 59.1 cm³/mol. The fraction of sp³-hybridized carbons (Fsp3) is 0.538. The zero-order chi connectivity index (χ0) is 9.86. The van der Waals surface area contributed by atoms with Gasteiger partial charge < -0.3 is 0 Å². The molecule has 1 heteroatoms. The zero-order valence-corrected chi connectivity index (χ0v) is 8.63. The number of rotatable bonds is 2. The third-order valence-corrected chi connectivity index (χ3v) is 3.20. The molecule has 0 amide bonds. The van der Waals surface area contributed by atoms with Gasteiger partial charge in [0.15, 0.2) is 0 Å². The van der Waals surface area contributed by atoms with Crippen LogP contribution in [-0.4, -0.2) is 5.54 Å². The first kappa shape index (κ1) is 9.72. The molecule has 1 nitrogen and oxygen atoms in total. The average molecular weight is 188 g/mol. The molecule has 1 N–H and O–H groups in total. The quantitative estimate of drug-likeness (QED) is 0.680. The molecule has 0 saturated heterocycles. The molecule has 0 heterocycles. The molecule has 1 aliphatic carbocycles. The second kappa shape index (κ2) is 4.14. The van der Waals surface area contributed by atoms with E-state index in [9.17, 15) is 0 Å². The SMILES string of the molecule is [NH]C1(Cc2ccccc2)CCCCC1. The lowest BCUT2D eigenvalue weighted by Gasteiger charge is -2.32. The second-order valence-electron chi connectivity index (χ2n) is 4.50. The Morgan fingerprint density at radius 2 is 1.64 bits per heavy atom. The number of hydrogen-bond donors (Lipinski definition) is 0. The summed E-state index contributed by atoms with van der Waals surface area (Å²) < 4.78 is 0. The van der Waals surface area contributed by atoms with Gasteiger partial charge in [-0.15, -0.1) is 0 Å². The van der Waals surface area contributed by atoms with Gasteiger partial charge in [-0.1, -0.05) is 49.6 Å². The summed E-state index contributed by atoms with van der Waals surface area (Å²) in [5.74, 6) is 0. The van der Waals surface area contributed by atoms with E-state index in [-0.39, 0.29) is 5.54 Å². The van der Waals surface area contributed by atoms with Crippen LogP contribution in [0.4, 0.5) is 0 Å². The van der Waals surface area contributed by atoms with Crippen LogP contribution in [0.3, 0.4) is 0 Å². The van der Waals surface area contributed by atoms with Crippen molar-refractivity contribution < 1.29 is 0 Å². The van der Waals surface area contributed by atoms with Gasteiger partial charge in [0, 0.05) is 5.54 Å². The Bertz CT molecular complexity index is 273. The maximum absolute atomic E-state index is 8.36. The van der Waals surface area contributed by atoms with Gasteiger partial charge in [0.1, 0.15) is 0 Å². The van der Waals surface area contributed by atoms with E-state index >= 15 is 0 Å². The molecule has 1 aliphatic rings. The van der Waals surface area contributed by atoms with Crippen molar-refractivity contribution in [3.63, 3.8) is 0 Å². The Morgan fingerprint density at radius 1 is 1.00 bits per heavy atom. The normalized spacial score (nSPS) is 20.6. The molecule has 0 aromatic heterocycles. The van der Waals surface area contributed by atoms with Gasteiger partial charge in [-0.05, 0) is 24.8 Å². The Hall–Kier alpha value is -0.820. The lowest BCUT2D eigenvalue weighted by atomic mass is 9.78. The highest BCUT2D eigenvalue weighted by atomic mass is 14.7. The van der Waals surface area contributed by atoms with Crippen LogP contribution in [0.15, 0.2) is 30.3 Å². The van der Waals surface area contributed by atoms with E-state index in [1.165, 1.54) is 24.8 Å². The van der Waals surface area contributed by atoms with Gasteiger partial charge in [0.2, 0.25) is 0 Å². The van der Waals surface area contributed by atoms with Crippen molar-refractivity contribution in [2.45, 2.75) is 44.1 Å². The summed E-state index contributed by atoms with van der Waals surface area (Å²) in [5.41, 5.74) is 9.51. The molecule has 0 spiro atoms. The van der Waals surface area contributed by atoms with Crippen LogP contribution in [0.5, 0.6) is 0 Å². The van der Waals surface area contributed by atoms with E-state index in [4.69, 9.17) is 5.73 Å². The van der Waals surface area contributed by atoms with Crippen LogP contribution in [0, 0.1) is 0 Å². The summed E-state index contributed by atoms with van der Waals surface area (Å²) in [6.07, 6.45) is 6.93. The minimum absolute atomic E-state index is 0.167. The maximum atomic E-state index is 8.36. The van der Waals surface area contributed by atoms with Gasteiger partial charge in [-0.25, -0.2) is 0 Å². The summed E-state index contributed by atoms with van der Waals surface area (Å²) >= 11 is 0. The monoisotopic (exact) mass is 188 g/mol. The van der Waals surface area contributed by atoms with Gasteiger partial charge in [0.25, 0.3) is 0 Å². The maximum Gasteiger partial charge on any atom is 0.0364 e. The van der Waals surface area contributed by atoms with Crippen molar-refractivity contribution in [2.24, 2.45) is 0 Å². The number of nitrogens with one attached hydrogen (secondary N) is 1. The molecule has 1 radical (unpaired) electrons. The Balaban J connectivity index is 2.02. The van der Waals surface area contributed by atoms with Crippen LogP contribution in [0.25, 0.3) is 0 Å². The third kappa shape index (κ3) is 2.36. The largest absolute Gasteiger partial charge is 0.251 e. The van der Waals surface area contributed by atoms with Crippen LogP contribution < -0.4 is 5.73 Å². The first-order chi connectivity index (χ1) is 6.79. The molecule has 1 aromatic carbocycles. The fourth-order valence-corrected chi connectivity index (χ4v) is 2.39. The molecule has 0 atom stereocenters. The smallest absolute Gasteiger partial charge is 0.0364 e. The van der Waals surface area contributed by atoms with E-state index in [2.05, 4.69) is 24.3 Å². The van der Waals surface area contributed by atoms with Crippen molar-refractivity contribution in [3.8, 4) is 0 Å². The van der Waals surface area contributed by atoms with E-state index in [0.29, 0.717) is 0 Å². The Morgan fingerprint density at radius 3 is 2.29 bits per heavy atom.